The second-order valence-corrected chi connectivity index (χ2v) is 11.7. The molecule has 30 heavy (non-hydrogen) atoms. The first kappa shape index (κ1) is 25.4. The van der Waals surface area contributed by atoms with Gasteiger partial charge in [0.15, 0.2) is 13.1 Å². The van der Waals surface area contributed by atoms with Crippen LogP contribution < -0.4 is 0 Å². The molecule has 0 amide bonds. The third kappa shape index (κ3) is 6.56. The van der Waals surface area contributed by atoms with E-state index in [2.05, 4.69) is 60.6 Å². The number of fused-ring (bicyclic) bond motifs is 1. The van der Waals surface area contributed by atoms with Crippen LogP contribution in [0.5, 0.6) is 0 Å². The molecule has 0 aromatic carbocycles. The van der Waals surface area contributed by atoms with Gasteiger partial charge in [-0.15, -0.1) is 0 Å². The number of esters is 1. The third-order valence-electron chi connectivity index (χ3n) is 7.14. The summed E-state index contributed by atoms with van der Waals surface area (Å²) in [7, 11) is 0. The predicted octanol–water partition coefficient (Wildman–Crippen LogP) is 6.59. The lowest BCUT2D eigenvalue weighted by atomic mass is 9.63. The van der Waals surface area contributed by atoms with Gasteiger partial charge in [0.2, 0.25) is 0 Å². The lowest BCUT2D eigenvalue weighted by molar-refractivity contribution is -0.206. The smallest absolute Gasteiger partial charge is 0.310 e. The Kier molecular flexibility index (Phi) is 8.60. The van der Waals surface area contributed by atoms with Gasteiger partial charge in [-0.05, 0) is 60.7 Å². The molecule has 2 rings (SSSR count). The van der Waals surface area contributed by atoms with E-state index in [9.17, 15) is 4.79 Å². The second kappa shape index (κ2) is 10.2. The van der Waals surface area contributed by atoms with Crippen LogP contribution in [0.2, 0.25) is 0 Å². The van der Waals surface area contributed by atoms with E-state index in [0.29, 0.717) is 34.5 Å². The predicted molar refractivity (Wildman–Crippen MR) is 122 cm³/mol. The minimum Gasteiger partial charge on any atom is -0.438 e. The number of hydrogen-bond donors (Lipinski definition) is 0. The van der Waals surface area contributed by atoms with E-state index < -0.39 is 6.29 Å². The summed E-state index contributed by atoms with van der Waals surface area (Å²) in [5, 5.41) is 0. The van der Waals surface area contributed by atoms with Gasteiger partial charge in [-0.1, -0.05) is 74.0 Å². The van der Waals surface area contributed by atoms with Crippen LogP contribution in [0.4, 0.5) is 0 Å². The van der Waals surface area contributed by atoms with Gasteiger partial charge in [0.25, 0.3) is 0 Å². The molecule has 7 atom stereocenters. The van der Waals surface area contributed by atoms with Crippen molar-refractivity contribution in [3.63, 3.8) is 0 Å². The van der Waals surface area contributed by atoms with Crippen molar-refractivity contribution in [2.24, 2.45) is 40.4 Å². The van der Waals surface area contributed by atoms with E-state index in [1.807, 2.05) is 13.8 Å². The van der Waals surface area contributed by atoms with Crippen LogP contribution in [-0.2, 0) is 19.0 Å². The topological polar surface area (TPSA) is 44.8 Å². The lowest BCUT2D eigenvalue weighted by Crippen LogP contribution is -2.36. The highest BCUT2D eigenvalue weighted by Gasteiger charge is 2.51. The van der Waals surface area contributed by atoms with E-state index in [0.717, 1.165) is 19.3 Å². The highest BCUT2D eigenvalue weighted by Crippen LogP contribution is 2.58. The Bertz CT molecular complexity index is 583. The van der Waals surface area contributed by atoms with Gasteiger partial charge in [0.05, 0.1) is 12.0 Å². The molecule has 4 heteroatoms. The number of carbonyl (C=O) groups excluding carboxylic acids is 1. The fourth-order valence-corrected chi connectivity index (χ4v) is 5.69. The van der Waals surface area contributed by atoms with Crippen molar-refractivity contribution < 1.29 is 19.0 Å². The van der Waals surface area contributed by atoms with Gasteiger partial charge in [0, 0.05) is 0 Å². The minimum atomic E-state index is -0.399. The van der Waals surface area contributed by atoms with E-state index in [4.69, 9.17) is 14.2 Å². The third-order valence-corrected chi connectivity index (χ3v) is 7.14. The molecule has 0 aliphatic heterocycles. The van der Waals surface area contributed by atoms with Crippen LogP contribution in [0.15, 0.2) is 12.2 Å². The zero-order valence-electron chi connectivity index (χ0n) is 20.9. The van der Waals surface area contributed by atoms with Crippen LogP contribution in [0.3, 0.4) is 0 Å². The molecule has 1 fully saturated rings. The van der Waals surface area contributed by atoms with Crippen LogP contribution >= 0.6 is 0 Å². The molecule has 0 saturated heterocycles. The molecule has 0 aromatic heterocycles. The van der Waals surface area contributed by atoms with E-state index in [1.54, 1.807) is 0 Å². The average molecular weight is 423 g/mol. The van der Waals surface area contributed by atoms with Gasteiger partial charge in [0.1, 0.15) is 0 Å². The zero-order chi connectivity index (χ0) is 22.7. The van der Waals surface area contributed by atoms with Crippen molar-refractivity contribution in [2.45, 2.75) is 100 Å². The van der Waals surface area contributed by atoms with Gasteiger partial charge >= 0.3 is 5.97 Å². The van der Waals surface area contributed by atoms with Crippen molar-refractivity contribution in [2.75, 3.05) is 6.79 Å². The van der Waals surface area contributed by atoms with Crippen molar-refractivity contribution in [1.29, 1.82) is 0 Å². The van der Waals surface area contributed by atoms with Crippen LogP contribution in [0.1, 0.15) is 88.0 Å². The monoisotopic (exact) mass is 422 g/mol. The lowest BCUT2D eigenvalue weighted by Gasteiger charge is -2.42. The average Bonchev–Trinajstić information content (AvgIpc) is 3.01. The minimum absolute atomic E-state index is 0.0469. The normalized spacial score (nSPS) is 31.3. The second-order valence-electron chi connectivity index (χ2n) is 11.7. The van der Waals surface area contributed by atoms with Gasteiger partial charge < -0.3 is 14.2 Å². The summed E-state index contributed by atoms with van der Waals surface area (Å²) in [5.74, 6) is 2.42. The molecule has 0 radical (unpaired) electrons. The molecule has 0 aromatic rings. The molecule has 0 heterocycles. The summed E-state index contributed by atoms with van der Waals surface area (Å²) in [5.41, 5.74) is 0.610. The van der Waals surface area contributed by atoms with Gasteiger partial charge in [-0.2, -0.15) is 0 Å². The molecular weight excluding hydrogens is 376 g/mol. The first-order valence-electron chi connectivity index (χ1n) is 12.0. The van der Waals surface area contributed by atoms with Crippen molar-refractivity contribution in [1.82, 2.24) is 0 Å². The molecule has 7 unspecified atom stereocenters. The van der Waals surface area contributed by atoms with E-state index in [-0.39, 0.29) is 24.8 Å². The summed E-state index contributed by atoms with van der Waals surface area (Å²) in [6, 6.07) is 0. The Morgan fingerprint density at radius 3 is 2.27 bits per heavy atom. The quantitative estimate of drug-likeness (QED) is 0.251. The Balaban J connectivity index is 1.88. The van der Waals surface area contributed by atoms with Crippen molar-refractivity contribution in [3.05, 3.63) is 12.2 Å². The molecule has 2 aliphatic carbocycles. The van der Waals surface area contributed by atoms with Crippen molar-refractivity contribution in [3.8, 4) is 0 Å². The Labute approximate surface area is 185 Å². The van der Waals surface area contributed by atoms with Crippen LogP contribution in [0, 0.1) is 40.4 Å². The fraction of sp³-hybridized carbons (Fsp3) is 0.885. The summed E-state index contributed by atoms with van der Waals surface area (Å²) in [4.78, 5) is 11.9. The highest BCUT2D eigenvalue weighted by molar-refractivity contribution is 5.71. The largest absolute Gasteiger partial charge is 0.438 e. The molecule has 4 nitrogen and oxygen atoms in total. The summed E-state index contributed by atoms with van der Waals surface area (Å²) in [6.07, 6.45) is 8.44. The van der Waals surface area contributed by atoms with E-state index in [1.165, 1.54) is 6.42 Å². The number of carbonyl (C=O) groups is 1. The van der Waals surface area contributed by atoms with E-state index >= 15 is 0 Å². The van der Waals surface area contributed by atoms with Crippen LogP contribution in [-0.4, -0.2) is 25.2 Å². The number of rotatable bonds is 8. The summed E-state index contributed by atoms with van der Waals surface area (Å²) < 4.78 is 17.0. The number of ether oxygens (including phenoxy) is 3. The van der Waals surface area contributed by atoms with Crippen molar-refractivity contribution >= 4 is 5.97 Å². The first-order chi connectivity index (χ1) is 13.8. The standard InChI is InChI=1S/C26H46O4/c1-10-11-17(2)24(27)29-16-28-18(3)30-20-12-13-21-19(14-20)15-22(25(4,5)6)23(21)26(7,8)9/h12-13,17-23H,10-11,14-16H2,1-9H3. The Morgan fingerprint density at radius 2 is 1.70 bits per heavy atom. The maximum atomic E-state index is 11.9. The molecular formula is C26H46O4. The summed E-state index contributed by atoms with van der Waals surface area (Å²) >= 11 is 0. The SMILES string of the molecule is CCCC(C)C(=O)OCOC(C)OC1C=CC2C(C1)CC(C(C)(C)C)C2C(C)(C)C. The molecule has 0 bridgehead atoms. The molecule has 0 spiro atoms. The molecule has 2 aliphatic rings. The Morgan fingerprint density at radius 1 is 1.03 bits per heavy atom. The molecule has 174 valence electrons. The fourth-order valence-electron chi connectivity index (χ4n) is 5.69. The summed E-state index contributed by atoms with van der Waals surface area (Å²) in [6.45, 7) is 20.2. The van der Waals surface area contributed by atoms with Crippen LogP contribution in [0.25, 0.3) is 0 Å². The zero-order valence-corrected chi connectivity index (χ0v) is 20.9. The number of allylic oxidation sites excluding steroid dienone is 1. The highest BCUT2D eigenvalue weighted by atomic mass is 16.8. The van der Waals surface area contributed by atoms with Gasteiger partial charge in [-0.25, -0.2) is 0 Å². The maximum absolute atomic E-state index is 11.9. The maximum Gasteiger partial charge on any atom is 0.310 e. The molecule has 1 saturated carbocycles. The Hall–Kier alpha value is -0.870. The van der Waals surface area contributed by atoms with Gasteiger partial charge in [-0.3, -0.25) is 4.79 Å². The molecule has 0 N–H and O–H groups in total. The first-order valence-corrected chi connectivity index (χ1v) is 12.0. The number of hydrogen-bond acceptors (Lipinski definition) is 4.